The second-order valence-corrected chi connectivity index (χ2v) is 8.81. The first-order valence-corrected chi connectivity index (χ1v) is 11.7. The van der Waals surface area contributed by atoms with Gasteiger partial charge in [0.25, 0.3) is 5.91 Å². The Labute approximate surface area is 195 Å². The van der Waals surface area contributed by atoms with Gasteiger partial charge in [-0.15, -0.1) is 11.3 Å². The van der Waals surface area contributed by atoms with Crippen LogP contribution >= 0.6 is 11.3 Å². The molecule has 1 atom stereocenters. The summed E-state index contributed by atoms with van der Waals surface area (Å²) in [4.78, 5) is 28.9. The van der Waals surface area contributed by atoms with Gasteiger partial charge < -0.3 is 15.2 Å². The maximum Gasteiger partial charge on any atom is 0.251 e. The minimum atomic E-state index is -2.44. The van der Waals surface area contributed by atoms with Gasteiger partial charge in [0.2, 0.25) is 5.91 Å². The van der Waals surface area contributed by atoms with Crippen LogP contribution in [0.5, 0.6) is 0 Å². The van der Waals surface area contributed by atoms with Gasteiger partial charge in [-0.05, 0) is 40.9 Å². The van der Waals surface area contributed by atoms with Crippen molar-refractivity contribution in [1.29, 1.82) is 0 Å². The number of rotatable bonds is 7. The van der Waals surface area contributed by atoms with Crippen molar-refractivity contribution >= 4 is 39.4 Å². The highest BCUT2D eigenvalue weighted by molar-refractivity contribution is 7.79. The monoisotopic (exact) mass is 480 g/mol. The molecular weight excluding hydrogens is 462 g/mol. The summed E-state index contributed by atoms with van der Waals surface area (Å²) in [7, 11) is 1.86. The molecule has 11 heteroatoms. The smallest absolute Gasteiger partial charge is 0.251 e. The van der Waals surface area contributed by atoms with Gasteiger partial charge in [-0.3, -0.25) is 18.5 Å². The fourth-order valence-corrected chi connectivity index (χ4v) is 4.21. The van der Waals surface area contributed by atoms with Crippen LogP contribution in [-0.4, -0.2) is 41.9 Å². The third-order valence-corrected chi connectivity index (χ3v) is 6.04. The van der Waals surface area contributed by atoms with E-state index in [1.807, 2.05) is 42.9 Å². The minimum Gasteiger partial charge on any atom is -0.768 e. The Morgan fingerprint density at radius 3 is 2.67 bits per heavy atom. The summed E-state index contributed by atoms with van der Waals surface area (Å²) in [5, 5.41) is 11.6. The normalized spacial score (nSPS) is 11.7. The Morgan fingerprint density at radius 1 is 1.12 bits per heavy atom. The lowest BCUT2D eigenvalue weighted by Crippen LogP contribution is -2.32. The average Bonchev–Trinajstić information content (AvgIpc) is 3.47. The first kappa shape index (κ1) is 22.5. The molecule has 0 aliphatic heterocycles. The second-order valence-electron chi connectivity index (χ2n) is 7.01. The van der Waals surface area contributed by atoms with Crippen molar-refractivity contribution in [2.75, 3.05) is 11.9 Å². The maximum absolute atomic E-state index is 12.2. The Kier molecular flexibility index (Phi) is 6.73. The number of hydrogen-bond donors (Lipinski definition) is 2. The van der Waals surface area contributed by atoms with Crippen LogP contribution in [0.3, 0.4) is 0 Å². The van der Waals surface area contributed by atoms with E-state index in [0.717, 1.165) is 16.7 Å². The number of anilines is 1. The van der Waals surface area contributed by atoms with Gasteiger partial charge in [0.15, 0.2) is 5.13 Å². The number of carbonyl (C=O) groups is 2. The first-order chi connectivity index (χ1) is 15.9. The van der Waals surface area contributed by atoms with Crippen LogP contribution in [0.4, 0.5) is 5.13 Å². The molecule has 0 radical (unpaired) electrons. The molecule has 9 nitrogen and oxygen atoms in total. The summed E-state index contributed by atoms with van der Waals surface area (Å²) in [5.74, 6) is -0.999. The Hall–Kier alpha value is -3.67. The lowest BCUT2D eigenvalue weighted by Gasteiger charge is -2.08. The zero-order chi connectivity index (χ0) is 23.4. The minimum absolute atomic E-state index is 0.00462. The summed E-state index contributed by atoms with van der Waals surface area (Å²) in [6.07, 6.45) is 3.72. The molecule has 0 fully saturated rings. The zero-order valence-corrected chi connectivity index (χ0v) is 19.0. The number of aryl methyl sites for hydroxylation is 1. The van der Waals surface area contributed by atoms with E-state index in [2.05, 4.69) is 20.7 Å². The topological polar surface area (TPSA) is 129 Å². The van der Waals surface area contributed by atoms with Gasteiger partial charge in [-0.2, -0.15) is 5.10 Å². The number of amides is 2. The van der Waals surface area contributed by atoms with E-state index >= 15 is 0 Å². The molecule has 0 aliphatic carbocycles. The predicted octanol–water partition coefficient (Wildman–Crippen LogP) is 2.82. The number of benzene rings is 2. The van der Waals surface area contributed by atoms with Crippen LogP contribution in [0.1, 0.15) is 10.4 Å². The van der Waals surface area contributed by atoms with E-state index in [1.54, 1.807) is 10.9 Å². The Morgan fingerprint density at radius 2 is 1.91 bits per heavy atom. The van der Waals surface area contributed by atoms with Gasteiger partial charge in [-0.25, -0.2) is 4.98 Å². The second kappa shape index (κ2) is 9.86. The van der Waals surface area contributed by atoms with Gasteiger partial charge in [0.05, 0.1) is 18.4 Å². The molecule has 0 aliphatic rings. The summed E-state index contributed by atoms with van der Waals surface area (Å²) < 4.78 is 23.8. The number of nitrogens with zero attached hydrogens (tertiary/aromatic N) is 3. The van der Waals surface area contributed by atoms with E-state index in [4.69, 9.17) is 0 Å². The van der Waals surface area contributed by atoms with E-state index < -0.39 is 22.9 Å². The first-order valence-electron chi connectivity index (χ1n) is 9.71. The van der Waals surface area contributed by atoms with Crippen molar-refractivity contribution in [3.05, 3.63) is 71.9 Å². The fourth-order valence-electron chi connectivity index (χ4n) is 3.06. The Balaban J connectivity index is 1.37. The van der Waals surface area contributed by atoms with Gasteiger partial charge in [-0.1, -0.05) is 24.3 Å². The van der Waals surface area contributed by atoms with Crippen LogP contribution < -0.4 is 10.6 Å². The summed E-state index contributed by atoms with van der Waals surface area (Å²) in [5.41, 5.74) is 3.76. The summed E-state index contributed by atoms with van der Waals surface area (Å²) >= 11 is -1.17. The maximum atomic E-state index is 12.2. The van der Waals surface area contributed by atoms with Crippen molar-refractivity contribution in [2.45, 2.75) is 4.90 Å². The summed E-state index contributed by atoms with van der Waals surface area (Å²) in [6.45, 7) is -0.283. The van der Waals surface area contributed by atoms with Crippen LogP contribution in [0.25, 0.3) is 22.4 Å². The molecule has 2 amide bonds. The van der Waals surface area contributed by atoms with Crippen molar-refractivity contribution < 1.29 is 18.4 Å². The highest BCUT2D eigenvalue weighted by atomic mass is 32.2. The standard InChI is InChI=1S/C22H19N5O4S2/c1-27-12-17(10-24-27)14-4-2-5-15(8-14)19-13-32-22(25-19)26-20(28)11-23-21(29)16-6-3-7-18(9-16)33(30)31/h2-10,12-13H,11H2,1H3,(H,23,29)(H,30,31)(H,25,26,28)/p-1. The zero-order valence-electron chi connectivity index (χ0n) is 17.3. The van der Waals surface area contributed by atoms with E-state index in [1.165, 1.54) is 35.6 Å². The molecule has 33 heavy (non-hydrogen) atoms. The van der Waals surface area contributed by atoms with Gasteiger partial charge in [0.1, 0.15) is 0 Å². The molecule has 0 spiro atoms. The molecule has 1 unspecified atom stereocenters. The highest BCUT2D eigenvalue weighted by Gasteiger charge is 2.12. The lowest BCUT2D eigenvalue weighted by molar-refractivity contribution is -0.115. The SMILES string of the molecule is Cn1cc(-c2cccc(-c3csc(NC(=O)CNC(=O)c4cccc(S(=O)[O-])c4)n3)c2)cn1. The molecule has 2 heterocycles. The summed E-state index contributed by atoms with van der Waals surface area (Å²) in [6, 6.07) is 13.4. The third-order valence-electron chi connectivity index (χ3n) is 4.65. The van der Waals surface area contributed by atoms with Crippen LogP contribution in [-0.2, 0) is 22.9 Å². The number of thiazole rings is 1. The lowest BCUT2D eigenvalue weighted by atomic mass is 10.1. The van der Waals surface area contributed by atoms with Gasteiger partial charge in [0, 0.05) is 40.2 Å². The van der Waals surface area contributed by atoms with E-state index in [-0.39, 0.29) is 17.0 Å². The van der Waals surface area contributed by atoms with E-state index in [0.29, 0.717) is 10.8 Å². The van der Waals surface area contributed by atoms with Crippen LogP contribution in [0.15, 0.2) is 71.2 Å². The largest absolute Gasteiger partial charge is 0.768 e. The van der Waals surface area contributed by atoms with Crippen LogP contribution in [0, 0.1) is 0 Å². The van der Waals surface area contributed by atoms with Crippen LogP contribution in [0.2, 0.25) is 0 Å². The fraction of sp³-hybridized carbons (Fsp3) is 0.0909. The molecule has 4 aromatic rings. The molecule has 4 rings (SSSR count). The highest BCUT2D eigenvalue weighted by Crippen LogP contribution is 2.28. The third kappa shape index (κ3) is 5.58. The molecular formula is C22H18N5O4S2-. The predicted molar refractivity (Wildman–Crippen MR) is 124 cm³/mol. The molecule has 2 aromatic heterocycles. The van der Waals surface area contributed by atoms with Crippen molar-refractivity contribution in [3.8, 4) is 22.4 Å². The van der Waals surface area contributed by atoms with Crippen molar-refractivity contribution in [3.63, 3.8) is 0 Å². The quantitative estimate of drug-likeness (QED) is 0.391. The molecule has 2 aromatic carbocycles. The molecule has 0 bridgehead atoms. The van der Waals surface area contributed by atoms with Crippen molar-refractivity contribution in [1.82, 2.24) is 20.1 Å². The molecule has 0 saturated carbocycles. The molecule has 168 valence electrons. The molecule has 2 N–H and O–H groups in total. The number of aromatic nitrogens is 3. The number of carbonyl (C=O) groups excluding carboxylic acids is 2. The average molecular weight is 481 g/mol. The van der Waals surface area contributed by atoms with Crippen molar-refractivity contribution in [2.24, 2.45) is 7.05 Å². The number of hydrogen-bond acceptors (Lipinski definition) is 7. The van der Waals surface area contributed by atoms with E-state index in [9.17, 15) is 18.4 Å². The number of nitrogens with one attached hydrogen (secondary N) is 2. The Bertz CT molecular complexity index is 1350. The molecule has 0 saturated heterocycles. The van der Waals surface area contributed by atoms with Gasteiger partial charge >= 0.3 is 0 Å².